The summed E-state index contributed by atoms with van der Waals surface area (Å²) in [6, 6.07) is 7.45. The standard InChI is InChI=1S/C15H17N7O2/c16-18-14(23)9-5-7-21(8-6-9)12-13-19-20-15(24)22(13)11-4-2-1-3-10(11)17-12/h1-4,9H,5-8,16H2,(H,18,23)(H,20,24). The zero-order chi connectivity index (χ0) is 16.7. The van der Waals surface area contributed by atoms with Crippen LogP contribution in [0.3, 0.4) is 0 Å². The van der Waals surface area contributed by atoms with Gasteiger partial charge in [0.2, 0.25) is 11.6 Å². The molecule has 0 bridgehead atoms. The molecular formula is C15H17N7O2. The molecule has 1 aromatic carbocycles. The summed E-state index contributed by atoms with van der Waals surface area (Å²) in [5.41, 5.74) is 3.86. The first-order valence-corrected chi connectivity index (χ1v) is 7.80. The number of nitrogens with zero attached hydrogens (tertiary/aromatic N) is 4. The number of amides is 1. The highest BCUT2D eigenvalue weighted by molar-refractivity contribution is 5.83. The number of hydrazine groups is 1. The average Bonchev–Trinajstić information content (AvgIpc) is 3.03. The van der Waals surface area contributed by atoms with E-state index in [0.29, 0.717) is 42.9 Å². The van der Waals surface area contributed by atoms with Gasteiger partial charge in [-0.15, -0.1) is 5.10 Å². The Hall–Kier alpha value is -2.94. The Balaban J connectivity index is 1.77. The Kier molecular flexibility index (Phi) is 3.42. The van der Waals surface area contributed by atoms with Crippen molar-refractivity contribution in [1.29, 1.82) is 0 Å². The lowest BCUT2D eigenvalue weighted by Gasteiger charge is -2.31. The molecule has 0 atom stereocenters. The molecule has 4 N–H and O–H groups in total. The minimum Gasteiger partial charge on any atom is -0.353 e. The third-order valence-corrected chi connectivity index (χ3v) is 4.53. The number of H-pyrrole nitrogens is 1. The van der Waals surface area contributed by atoms with Crippen molar-refractivity contribution in [2.45, 2.75) is 12.8 Å². The molecule has 9 nitrogen and oxygen atoms in total. The number of aromatic amines is 1. The van der Waals surface area contributed by atoms with E-state index in [2.05, 4.69) is 25.5 Å². The number of nitrogens with two attached hydrogens (primary N) is 1. The lowest BCUT2D eigenvalue weighted by atomic mass is 9.96. The largest absolute Gasteiger partial charge is 0.353 e. The number of fused-ring (bicyclic) bond motifs is 3. The first-order valence-electron chi connectivity index (χ1n) is 7.80. The third kappa shape index (κ3) is 2.21. The molecule has 0 radical (unpaired) electrons. The number of carbonyl (C=O) groups excluding carboxylic acids is 1. The zero-order valence-corrected chi connectivity index (χ0v) is 12.9. The van der Waals surface area contributed by atoms with Crippen molar-refractivity contribution >= 4 is 28.4 Å². The highest BCUT2D eigenvalue weighted by Gasteiger charge is 2.27. The lowest BCUT2D eigenvalue weighted by Crippen LogP contribution is -2.43. The van der Waals surface area contributed by atoms with Crippen LogP contribution in [0.4, 0.5) is 5.82 Å². The van der Waals surface area contributed by atoms with Crippen molar-refractivity contribution in [3.8, 4) is 0 Å². The van der Waals surface area contributed by atoms with Gasteiger partial charge in [0.1, 0.15) is 0 Å². The number of hydrogen-bond donors (Lipinski definition) is 3. The molecule has 1 aliphatic heterocycles. The smallest absolute Gasteiger partial charge is 0.348 e. The number of benzene rings is 1. The van der Waals surface area contributed by atoms with Crippen LogP contribution in [0.1, 0.15) is 12.8 Å². The molecule has 0 spiro atoms. The summed E-state index contributed by atoms with van der Waals surface area (Å²) in [7, 11) is 0. The number of para-hydroxylation sites is 2. The Morgan fingerprint density at radius 1 is 1.29 bits per heavy atom. The minimum absolute atomic E-state index is 0.0934. The van der Waals surface area contributed by atoms with Crippen molar-refractivity contribution in [2.24, 2.45) is 11.8 Å². The molecular weight excluding hydrogens is 310 g/mol. The van der Waals surface area contributed by atoms with E-state index in [1.807, 2.05) is 24.3 Å². The Morgan fingerprint density at radius 3 is 2.79 bits per heavy atom. The highest BCUT2D eigenvalue weighted by Crippen LogP contribution is 2.26. The van der Waals surface area contributed by atoms with E-state index in [-0.39, 0.29) is 17.5 Å². The van der Waals surface area contributed by atoms with Gasteiger partial charge in [-0.25, -0.2) is 25.1 Å². The fourth-order valence-corrected chi connectivity index (χ4v) is 3.27. The topological polar surface area (TPSA) is 121 Å². The van der Waals surface area contributed by atoms with Gasteiger partial charge in [0.15, 0.2) is 5.82 Å². The molecule has 2 aromatic heterocycles. The molecule has 0 unspecified atom stereocenters. The van der Waals surface area contributed by atoms with Crippen LogP contribution in [-0.4, -0.2) is 38.6 Å². The summed E-state index contributed by atoms with van der Waals surface area (Å²) in [4.78, 5) is 30.6. The van der Waals surface area contributed by atoms with Crippen LogP contribution >= 0.6 is 0 Å². The summed E-state index contributed by atoms with van der Waals surface area (Å²) >= 11 is 0. The number of hydrogen-bond acceptors (Lipinski definition) is 6. The second kappa shape index (κ2) is 5.60. The first-order chi connectivity index (χ1) is 11.7. The van der Waals surface area contributed by atoms with E-state index in [9.17, 15) is 9.59 Å². The number of anilines is 1. The van der Waals surface area contributed by atoms with Gasteiger partial charge in [-0.2, -0.15) is 0 Å². The van der Waals surface area contributed by atoms with Crippen molar-refractivity contribution in [3.63, 3.8) is 0 Å². The maximum absolute atomic E-state index is 12.1. The van der Waals surface area contributed by atoms with E-state index in [1.165, 1.54) is 4.40 Å². The molecule has 24 heavy (non-hydrogen) atoms. The van der Waals surface area contributed by atoms with Crippen LogP contribution in [0.5, 0.6) is 0 Å². The number of nitrogens with one attached hydrogen (secondary N) is 2. The molecule has 1 aliphatic rings. The molecule has 1 amide bonds. The quantitative estimate of drug-likeness (QED) is 0.340. The summed E-state index contributed by atoms with van der Waals surface area (Å²) in [6.45, 7) is 1.31. The predicted octanol–water partition coefficient (Wildman–Crippen LogP) is -0.223. The number of carbonyl (C=O) groups is 1. The lowest BCUT2D eigenvalue weighted by molar-refractivity contribution is -0.125. The number of aromatic nitrogens is 4. The van der Waals surface area contributed by atoms with Crippen LogP contribution < -0.4 is 21.9 Å². The maximum Gasteiger partial charge on any atom is 0.348 e. The molecule has 0 saturated carbocycles. The number of rotatable bonds is 2. The molecule has 9 heteroatoms. The molecule has 3 heterocycles. The molecule has 124 valence electrons. The molecule has 4 rings (SSSR count). The Labute approximate surface area is 136 Å². The van der Waals surface area contributed by atoms with Gasteiger partial charge in [-0.05, 0) is 25.0 Å². The first kappa shape index (κ1) is 14.6. The van der Waals surface area contributed by atoms with Gasteiger partial charge >= 0.3 is 5.69 Å². The fourth-order valence-electron chi connectivity index (χ4n) is 3.27. The minimum atomic E-state index is -0.290. The van der Waals surface area contributed by atoms with Crippen molar-refractivity contribution in [2.75, 3.05) is 18.0 Å². The predicted molar refractivity (Wildman–Crippen MR) is 88.4 cm³/mol. The molecule has 1 saturated heterocycles. The van der Waals surface area contributed by atoms with Gasteiger partial charge in [0, 0.05) is 19.0 Å². The van der Waals surface area contributed by atoms with E-state index in [1.54, 1.807) is 0 Å². The second-order valence-corrected chi connectivity index (χ2v) is 5.88. The van der Waals surface area contributed by atoms with Crippen LogP contribution in [-0.2, 0) is 4.79 Å². The molecule has 1 fully saturated rings. The van der Waals surface area contributed by atoms with E-state index < -0.39 is 0 Å². The average molecular weight is 327 g/mol. The van der Waals surface area contributed by atoms with Crippen LogP contribution in [0, 0.1) is 5.92 Å². The maximum atomic E-state index is 12.1. The molecule has 0 aliphatic carbocycles. The Bertz CT molecular complexity index is 969. The van der Waals surface area contributed by atoms with Crippen LogP contribution in [0.25, 0.3) is 16.7 Å². The van der Waals surface area contributed by atoms with Gasteiger partial charge in [-0.1, -0.05) is 12.1 Å². The normalized spacial score (nSPS) is 16.0. The van der Waals surface area contributed by atoms with Crippen molar-refractivity contribution in [1.82, 2.24) is 25.0 Å². The summed E-state index contributed by atoms with van der Waals surface area (Å²) in [6.07, 6.45) is 1.36. The Morgan fingerprint density at radius 2 is 2.04 bits per heavy atom. The monoisotopic (exact) mass is 327 g/mol. The molecule has 3 aromatic rings. The van der Waals surface area contributed by atoms with E-state index >= 15 is 0 Å². The van der Waals surface area contributed by atoms with E-state index in [4.69, 9.17) is 5.84 Å². The van der Waals surface area contributed by atoms with E-state index in [0.717, 1.165) is 5.52 Å². The fraction of sp³-hybridized carbons (Fsp3) is 0.333. The second-order valence-electron chi connectivity index (χ2n) is 5.88. The van der Waals surface area contributed by atoms with Gasteiger partial charge in [0.25, 0.3) is 0 Å². The SMILES string of the molecule is NNC(=O)C1CCN(c2nc3ccccc3n3c(=O)[nH]nc23)CC1. The number of piperidine rings is 1. The zero-order valence-electron chi connectivity index (χ0n) is 12.9. The van der Waals surface area contributed by atoms with Gasteiger partial charge in [0.05, 0.1) is 11.0 Å². The third-order valence-electron chi connectivity index (χ3n) is 4.53. The van der Waals surface area contributed by atoms with Crippen molar-refractivity contribution in [3.05, 3.63) is 34.7 Å². The highest BCUT2D eigenvalue weighted by atomic mass is 16.2. The van der Waals surface area contributed by atoms with Crippen molar-refractivity contribution < 1.29 is 4.79 Å². The summed E-state index contributed by atoms with van der Waals surface area (Å²) in [5.74, 6) is 5.63. The van der Waals surface area contributed by atoms with Gasteiger partial charge < -0.3 is 4.90 Å². The van der Waals surface area contributed by atoms with Crippen LogP contribution in [0.15, 0.2) is 29.1 Å². The van der Waals surface area contributed by atoms with Crippen LogP contribution in [0.2, 0.25) is 0 Å². The van der Waals surface area contributed by atoms with Gasteiger partial charge in [-0.3, -0.25) is 10.2 Å². The summed E-state index contributed by atoms with van der Waals surface area (Å²) < 4.78 is 1.54. The summed E-state index contributed by atoms with van der Waals surface area (Å²) in [5, 5.41) is 6.63.